The molecule has 1 saturated carbocycles. The Hall–Kier alpha value is -1.22. The Balaban J connectivity index is 2.35. The maximum Gasteiger partial charge on any atom is 0.133 e. The normalized spacial score (nSPS) is 19.8. The predicted molar refractivity (Wildman–Crippen MR) is 58.5 cm³/mol. The quantitative estimate of drug-likeness (QED) is 0.792. The van der Waals surface area contributed by atoms with Crippen LogP contribution in [0.1, 0.15) is 36.8 Å². The molecule has 1 aromatic rings. The zero-order chi connectivity index (χ0) is 11.8. The first kappa shape index (κ1) is 11.3. The lowest BCUT2D eigenvalue weighted by Crippen LogP contribution is -2.32. The zero-order valence-corrected chi connectivity index (χ0v) is 9.29. The van der Waals surface area contributed by atoms with Crippen molar-refractivity contribution >= 4 is 5.78 Å². The third-order valence-corrected chi connectivity index (χ3v) is 3.26. The molecule has 0 atom stereocenters. The standard InChI is InChI=1S/C13H15FO2/c1-9-2-3-12(14)11(8-9)13(16)6-4-10(15)5-7-13/h2-3,8,16H,4-7H2,1H3. The number of Topliss-reactive ketones (excluding diaryl/α,β-unsaturated/α-hetero) is 1. The number of aliphatic hydroxyl groups is 1. The Labute approximate surface area is 94.1 Å². The Morgan fingerprint density at radius 3 is 2.56 bits per heavy atom. The molecular weight excluding hydrogens is 207 g/mol. The first-order chi connectivity index (χ1) is 7.51. The van der Waals surface area contributed by atoms with Crippen LogP contribution in [-0.2, 0) is 10.4 Å². The van der Waals surface area contributed by atoms with Crippen LogP contribution < -0.4 is 0 Å². The molecular formula is C13H15FO2. The first-order valence-corrected chi connectivity index (χ1v) is 5.52. The molecule has 0 spiro atoms. The van der Waals surface area contributed by atoms with Gasteiger partial charge in [-0.1, -0.05) is 17.7 Å². The summed E-state index contributed by atoms with van der Waals surface area (Å²) in [5.74, 6) is -0.236. The molecule has 2 nitrogen and oxygen atoms in total. The van der Waals surface area contributed by atoms with Gasteiger partial charge in [0.15, 0.2) is 0 Å². The van der Waals surface area contributed by atoms with E-state index in [1.54, 1.807) is 12.1 Å². The van der Waals surface area contributed by atoms with Crippen molar-refractivity contribution in [2.45, 2.75) is 38.2 Å². The van der Waals surface area contributed by atoms with E-state index in [0.29, 0.717) is 31.2 Å². The maximum absolute atomic E-state index is 13.7. The van der Waals surface area contributed by atoms with Gasteiger partial charge < -0.3 is 5.11 Å². The largest absolute Gasteiger partial charge is 0.385 e. The van der Waals surface area contributed by atoms with Crippen LogP contribution >= 0.6 is 0 Å². The highest BCUT2D eigenvalue weighted by Gasteiger charge is 2.36. The number of rotatable bonds is 1. The highest BCUT2D eigenvalue weighted by atomic mass is 19.1. The Bertz CT molecular complexity index is 416. The predicted octanol–water partition coefficient (Wildman–Crippen LogP) is 2.46. The summed E-state index contributed by atoms with van der Waals surface area (Å²) >= 11 is 0. The lowest BCUT2D eigenvalue weighted by molar-refractivity contribution is -0.125. The van der Waals surface area contributed by atoms with E-state index in [9.17, 15) is 14.3 Å². The highest BCUT2D eigenvalue weighted by molar-refractivity contribution is 5.79. The monoisotopic (exact) mass is 222 g/mol. The van der Waals surface area contributed by atoms with Crippen molar-refractivity contribution in [1.29, 1.82) is 0 Å². The number of carbonyl (C=O) groups is 1. The summed E-state index contributed by atoms with van der Waals surface area (Å²) in [6.45, 7) is 1.86. The Kier molecular flexibility index (Phi) is 2.80. The van der Waals surface area contributed by atoms with Crippen LogP contribution in [0.25, 0.3) is 0 Å². The summed E-state index contributed by atoms with van der Waals surface area (Å²) in [5, 5.41) is 10.4. The van der Waals surface area contributed by atoms with Crippen LogP contribution in [0.5, 0.6) is 0 Å². The SMILES string of the molecule is Cc1ccc(F)c(C2(O)CCC(=O)CC2)c1. The average Bonchev–Trinajstić information content (AvgIpc) is 2.26. The molecule has 1 aromatic carbocycles. The molecule has 0 bridgehead atoms. The molecule has 1 fully saturated rings. The lowest BCUT2D eigenvalue weighted by Gasteiger charge is -2.32. The fraction of sp³-hybridized carbons (Fsp3) is 0.462. The summed E-state index contributed by atoms with van der Waals surface area (Å²) < 4.78 is 13.7. The molecule has 1 aliphatic carbocycles. The van der Waals surface area contributed by atoms with Crippen LogP contribution in [0.4, 0.5) is 4.39 Å². The third kappa shape index (κ3) is 2.00. The van der Waals surface area contributed by atoms with Gasteiger partial charge in [-0.15, -0.1) is 0 Å². The molecule has 0 aliphatic heterocycles. The average molecular weight is 222 g/mol. The van der Waals surface area contributed by atoms with E-state index >= 15 is 0 Å². The second-order valence-electron chi connectivity index (χ2n) is 4.55. The summed E-state index contributed by atoms with van der Waals surface area (Å²) in [6, 6.07) is 4.72. The van der Waals surface area contributed by atoms with E-state index in [4.69, 9.17) is 0 Å². The van der Waals surface area contributed by atoms with E-state index in [0.717, 1.165) is 5.56 Å². The minimum atomic E-state index is -1.16. The molecule has 2 rings (SSSR count). The van der Waals surface area contributed by atoms with Gasteiger partial charge in [-0.3, -0.25) is 4.79 Å². The minimum Gasteiger partial charge on any atom is -0.385 e. The third-order valence-electron chi connectivity index (χ3n) is 3.26. The van der Waals surface area contributed by atoms with Crippen LogP contribution in [0.2, 0.25) is 0 Å². The Morgan fingerprint density at radius 2 is 1.94 bits per heavy atom. The molecule has 0 radical (unpaired) electrons. The summed E-state index contributed by atoms with van der Waals surface area (Å²) in [7, 11) is 0. The number of halogens is 1. The molecule has 0 heterocycles. The number of benzene rings is 1. The van der Waals surface area contributed by atoms with E-state index in [1.165, 1.54) is 6.07 Å². The van der Waals surface area contributed by atoms with E-state index in [-0.39, 0.29) is 11.6 Å². The fourth-order valence-corrected chi connectivity index (χ4v) is 2.21. The number of ketones is 1. The van der Waals surface area contributed by atoms with Crippen LogP contribution in [0.3, 0.4) is 0 Å². The van der Waals surface area contributed by atoms with Gasteiger partial charge >= 0.3 is 0 Å². The molecule has 16 heavy (non-hydrogen) atoms. The van der Waals surface area contributed by atoms with Crippen molar-refractivity contribution < 1.29 is 14.3 Å². The van der Waals surface area contributed by atoms with Gasteiger partial charge in [0.05, 0.1) is 5.60 Å². The molecule has 1 aliphatic rings. The van der Waals surface area contributed by atoms with Crippen LogP contribution in [0, 0.1) is 12.7 Å². The summed E-state index contributed by atoms with van der Waals surface area (Å²) in [4.78, 5) is 11.1. The maximum atomic E-state index is 13.7. The van der Waals surface area contributed by atoms with E-state index < -0.39 is 5.60 Å². The van der Waals surface area contributed by atoms with E-state index in [2.05, 4.69) is 0 Å². The number of carbonyl (C=O) groups excluding carboxylic acids is 1. The minimum absolute atomic E-state index is 0.151. The van der Waals surface area contributed by atoms with Crippen molar-refractivity contribution in [3.05, 3.63) is 35.1 Å². The molecule has 0 saturated heterocycles. The van der Waals surface area contributed by atoms with Gasteiger partial charge in [0.2, 0.25) is 0 Å². The molecule has 0 amide bonds. The van der Waals surface area contributed by atoms with Gasteiger partial charge in [0, 0.05) is 18.4 Å². The molecule has 1 N–H and O–H groups in total. The second kappa shape index (κ2) is 3.98. The molecule has 3 heteroatoms. The Morgan fingerprint density at radius 1 is 1.31 bits per heavy atom. The highest BCUT2D eigenvalue weighted by Crippen LogP contribution is 2.37. The van der Waals surface area contributed by atoms with Crippen LogP contribution in [-0.4, -0.2) is 10.9 Å². The molecule has 0 unspecified atom stereocenters. The second-order valence-corrected chi connectivity index (χ2v) is 4.55. The lowest BCUT2D eigenvalue weighted by atomic mass is 9.78. The van der Waals surface area contributed by atoms with Crippen molar-refractivity contribution in [2.24, 2.45) is 0 Å². The van der Waals surface area contributed by atoms with Crippen molar-refractivity contribution in [2.75, 3.05) is 0 Å². The number of hydrogen-bond donors (Lipinski definition) is 1. The van der Waals surface area contributed by atoms with E-state index in [1.807, 2.05) is 6.92 Å². The van der Waals surface area contributed by atoms with Gasteiger partial charge in [-0.25, -0.2) is 4.39 Å². The van der Waals surface area contributed by atoms with Gasteiger partial charge in [-0.05, 0) is 25.8 Å². The topological polar surface area (TPSA) is 37.3 Å². The first-order valence-electron chi connectivity index (χ1n) is 5.52. The summed E-state index contributed by atoms with van der Waals surface area (Å²) in [6.07, 6.45) is 1.33. The van der Waals surface area contributed by atoms with Gasteiger partial charge in [0.25, 0.3) is 0 Å². The summed E-state index contributed by atoms with van der Waals surface area (Å²) in [5.41, 5.74) is 0.0889. The molecule has 0 aromatic heterocycles. The van der Waals surface area contributed by atoms with Crippen molar-refractivity contribution in [1.82, 2.24) is 0 Å². The molecule has 86 valence electrons. The van der Waals surface area contributed by atoms with Crippen LogP contribution in [0.15, 0.2) is 18.2 Å². The smallest absolute Gasteiger partial charge is 0.133 e. The number of hydrogen-bond acceptors (Lipinski definition) is 2. The van der Waals surface area contributed by atoms with Gasteiger partial charge in [-0.2, -0.15) is 0 Å². The van der Waals surface area contributed by atoms with Crippen molar-refractivity contribution in [3.8, 4) is 0 Å². The zero-order valence-electron chi connectivity index (χ0n) is 9.29. The van der Waals surface area contributed by atoms with Gasteiger partial charge in [0.1, 0.15) is 11.6 Å². The number of aryl methyl sites for hydroxylation is 1. The fourth-order valence-electron chi connectivity index (χ4n) is 2.21. The van der Waals surface area contributed by atoms with Crippen molar-refractivity contribution in [3.63, 3.8) is 0 Å².